The molecule has 1 aliphatic heterocycles. The Bertz CT molecular complexity index is 695. The minimum Gasteiger partial charge on any atom is -0.493 e. The Morgan fingerprint density at radius 3 is 2.17 bits per heavy atom. The normalized spacial score (nSPS) is 14.4. The summed E-state index contributed by atoms with van der Waals surface area (Å²) in [6.07, 6.45) is 0. The zero-order chi connectivity index (χ0) is 16.9. The van der Waals surface area contributed by atoms with E-state index in [1.165, 1.54) is 0 Å². The van der Waals surface area contributed by atoms with E-state index < -0.39 is 0 Å². The van der Waals surface area contributed by atoms with Gasteiger partial charge in [0, 0.05) is 43.5 Å². The van der Waals surface area contributed by atoms with Crippen molar-refractivity contribution in [3.05, 3.63) is 54.1 Å². The molecule has 3 rings (SSSR count). The number of carbonyl (C=O) groups is 1. The number of hydrogen-bond donors (Lipinski definition) is 0. The van der Waals surface area contributed by atoms with Crippen LogP contribution in [0.2, 0.25) is 0 Å². The first-order valence-corrected chi connectivity index (χ1v) is 8.04. The number of methoxy groups -OCH3 is 2. The van der Waals surface area contributed by atoms with Crippen LogP contribution in [-0.4, -0.2) is 51.2 Å². The summed E-state index contributed by atoms with van der Waals surface area (Å²) in [5, 5.41) is 0. The molecule has 0 radical (unpaired) electrons. The van der Waals surface area contributed by atoms with Gasteiger partial charge in [-0.25, -0.2) is 0 Å². The van der Waals surface area contributed by atoms with Crippen molar-refractivity contribution in [2.75, 3.05) is 45.3 Å². The first-order chi connectivity index (χ1) is 11.7. The zero-order valence-electron chi connectivity index (χ0n) is 14.1. The number of amides is 1. The molecule has 0 aromatic heterocycles. The molecule has 24 heavy (non-hydrogen) atoms. The van der Waals surface area contributed by atoms with Gasteiger partial charge in [0.2, 0.25) is 0 Å². The van der Waals surface area contributed by atoms with Gasteiger partial charge in [-0.2, -0.15) is 0 Å². The van der Waals surface area contributed by atoms with Crippen molar-refractivity contribution < 1.29 is 14.3 Å². The summed E-state index contributed by atoms with van der Waals surface area (Å²) in [6.45, 7) is 3.02. The molecule has 5 nitrogen and oxygen atoms in total. The van der Waals surface area contributed by atoms with Crippen LogP contribution in [-0.2, 0) is 0 Å². The van der Waals surface area contributed by atoms with Crippen LogP contribution in [0.5, 0.6) is 11.5 Å². The van der Waals surface area contributed by atoms with Gasteiger partial charge in [0.1, 0.15) is 0 Å². The Labute approximate surface area is 142 Å². The average Bonchev–Trinajstić information content (AvgIpc) is 2.67. The van der Waals surface area contributed by atoms with Gasteiger partial charge in [-0.1, -0.05) is 18.2 Å². The fourth-order valence-electron chi connectivity index (χ4n) is 2.95. The molecule has 0 spiro atoms. The number of carbonyl (C=O) groups excluding carboxylic acids is 1. The van der Waals surface area contributed by atoms with Gasteiger partial charge >= 0.3 is 0 Å². The van der Waals surface area contributed by atoms with Crippen LogP contribution in [0.1, 0.15) is 10.4 Å². The fraction of sp³-hybridized carbons (Fsp3) is 0.316. The quantitative estimate of drug-likeness (QED) is 0.866. The SMILES string of the molecule is COc1ccc(N2CCN(C(=O)c3ccccc3)CC2)cc1OC. The molecule has 2 aromatic carbocycles. The summed E-state index contributed by atoms with van der Waals surface area (Å²) >= 11 is 0. The minimum atomic E-state index is 0.0996. The van der Waals surface area contributed by atoms with Crippen LogP contribution in [0, 0.1) is 0 Å². The van der Waals surface area contributed by atoms with Gasteiger partial charge in [0.05, 0.1) is 14.2 Å². The topological polar surface area (TPSA) is 42.0 Å². The molecule has 0 atom stereocenters. The second-order valence-electron chi connectivity index (χ2n) is 5.68. The molecule has 1 amide bonds. The molecule has 126 valence electrons. The minimum absolute atomic E-state index is 0.0996. The van der Waals surface area contributed by atoms with Gasteiger partial charge in [0.15, 0.2) is 11.5 Å². The van der Waals surface area contributed by atoms with Crippen molar-refractivity contribution in [2.24, 2.45) is 0 Å². The monoisotopic (exact) mass is 326 g/mol. The fourth-order valence-corrected chi connectivity index (χ4v) is 2.95. The highest BCUT2D eigenvalue weighted by Gasteiger charge is 2.22. The summed E-state index contributed by atoms with van der Waals surface area (Å²) in [6, 6.07) is 15.4. The third kappa shape index (κ3) is 3.30. The lowest BCUT2D eigenvalue weighted by Gasteiger charge is -2.36. The van der Waals surface area contributed by atoms with Crippen LogP contribution in [0.15, 0.2) is 48.5 Å². The summed E-state index contributed by atoms with van der Waals surface area (Å²) in [5.41, 5.74) is 1.83. The zero-order valence-corrected chi connectivity index (χ0v) is 14.1. The molecular weight excluding hydrogens is 304 g/mol. The third-order valence-corrected chi connectivity index (χ3v) is 4.32. The van der Waals surface area contributed by atoms with Crippen LogP contribution in [0.4, 0.5) is 5.69 Å². The van der Waals surface area contributed by atoms with Crippen molar-refractivity contribution in [3.63, 3.8) is 0 Å². The van der Waals surface area contributed by atoms with Gasteiger partial charge in [-0.05, 0) is 24.3 Å². The van der Waals surface area contributed by atoms with Gasteiger partial charge < -0.3 is 19.3 Å². The van der Waals surface area contributed by atoms with E-state index in [1.54, 1.807) is 14.2 Å². The van der Waals surface area contributed by atoms with Gasteiger partial charge in [-0.15, -0.1) is 0 Å². The molecule has 0 bridgehead atoms. The Morgan fingerprint density at radius 2 is 1.54 bits per heavy atom. The maximum absolute atomic E-state index is 12.5. The maximum Gasteiger partial charge on any atom is 0.253 e. The molecule has 1 heterocycles. The van der Waals surface area contributed by atoms with Crippen molar-refractivity contribution in [1.82, 2.24) is 4.90 Å². The van der Waals surface area contributed by atoms with Gasteiger partial charge in [-0.3, -0.25) is 4.79 Å². The van der Waals surface area contributed by atoms with E-state index in [4.69, 9.17) is 9.47 Å². The van der Waals surface area contributed by atoms with E-state index in [1.807, 2.05) is 53.4 Å². The highest BCUT2D eigenvalue weighted by molar-refractivity contribution is 5.94. The molecule has 0 unspecified atom stereocenters. The summed E-state index contributed by atoms with van der Waals surface area (Å²) in [7, 11) is 3.27. The van der Waals surface area contributed by atoms with Crippen molar-refractivity contribution >= 4 is 11.6 Å². The van der Waals surface area contributed by atoms with Crippen LogP contribution < -0.4 is 14.4 Å². The maximum atomic E-state index is 12.5. The molecule has 1 saturated heterocycles. The van der Waals surface area contributed by atoms with E-state index >= 15 is 0 Å². The predicted molar refractivity (Wildman–Crippen MR) is 94.1 cm³/mol. The van der Waals surface area contributed by atoms with Crippen molar-refractivity contribution in [2.45, 2.75) is 0 Å². The average molecular weight is 326 g/mol. The highest BCUT2D eigenvalue weighted by Crippen LogP contribution is 2.31. The molecular formula is C19H22N2O3. The van der Waals surface area contributed by atoms with Gasteiger partial charge in [0.25, 0.3) is 5.91 Å². The largest absolute Gasteiger partial charge is 0.493 e. The number of ether oxygens (including phenoxy) is 2. The Balaban J connectivity index is 1.66. The Hall–Kier alpha value is -2.69. The summed E-state index contributed by atoms with van der Waals surface area (Å²) < 4.78 is 10.6. The Morgan fingerprint density at radius 1 is 0.875 bits per heavy atom. The van der Waals surface area contributed by atoms with E-state index in [9.17, 15) is 4.79 Å². The predicted octanol–water partition coefficient (Wildman–Crippen LogP) is 2.67. The van der Waals surface area contributed by atoms with E-state index in [-0.39, 0.29) is 5.91 Å². The summed E-state index contributed by atoms with van der Waals surface area (Å²) in [4.78, 5) is 16.7. The molecule has 0 N–H and O–H groups in total. The first kappa shape index (κ1) is 16.2. The smallest absolute Gasteiger partial charge is 0.253 e. The molecule has 1 fully saturated rings. The number of benzene rings is 2. The van der Waals surface area contributed by atoms with E-state index in [2.05, 4.69) is 4.90 Å². The van der Waals surface area contributed by atoms with Crippen LogP contribution in [0.3, 0.4) is 0 Å². The van der Waals surface area contributed by atoms with Crippen molar-refractivity contribution in [3.8, 4) is 11.5 Å². The molecule has 2 aromatic rings. The van der Waals surface area contributed by atoms with E-state index in [0.717, 1.165) is 35.8 Å². The molecule has 0 saturated carbocycles. The van der Waals surface area contributed by atoms with Crippen LogP contribution >= 0.6 is 0 Å². The number of piperazine rings is 1. The first-order valence-electron chi connectivity index (χ1n) is 8.04. The summed E-state index contributed by atoms with van der Waals surface area (Å²) in [5.74, 6) is 1.54. The Kier molecular flexibility index (Phi) is 4.89. The third-order valence-electron chi connectivity index (χ3n) is 4.32. The number of rotatable bonds is 4. The second kappa shape index (κ2) is 7.25. The molecule has 1 aliphatic rings. The highest BCUT2D eigenvalue weighted by atomic mass is 16.5. The lowest BCUT2D eigenvalue weighted by molar-refractivity contribution is 0.0747. The lowest BCUT2D eigenvalue weighted by Crippen LogP contribution is -2.48. The number of anilines is 1. The standard InChI is InChI=1S/C19H22N2O3/c1-23-17-9-8-16(14-18(17)24-2)20-10-12-21(13-11-20)19(22)15-6-4-3-5-7-15/h3-9,14H,10-13H2,1-2H3. The lowest BCUT2D eigenvalue weighted by atomic mass is 10.1. The number of hydrogen-bond acceptors (Lipinski definition) is 4. The second-order valence-corrected chi connectivity index (χ2v) is 5.68. The molecule has 5 heteroatoms. The van der Waals surface area contributed by atoms with E-state index in [0.29, 0.717) is 13.1 Å². The van der Waals surface area contributed by atoms with Crippen molar-refractivity contribution in [1.29, 1.82) is 0 Å². The number of nitrogens with zero attached hydrogens (tertiary/aromatic N) is 2. The van der Waals surface area contributed by atoms with Crippen LogP contribution in [0.25, 0.3) is 0 Å². The molecule has 0 aliphatic carbocycles.